The van der Waals surface area contributed by atoms with Gasteiger partial charge in [0.25, 0.3) is 0 Å². The molecule has 0 bridgehead atoms. The number of unbranched alkanes of at least 4 members (excludes halogenated alkanes) is 3. The lowest BCUT2D eigenvalue weighted by molar-refractivity contribution is -0.155. The van der Waals surface area contributed by atoms with Crippen LogP contribution in [-0.4, -0.2) is 72.3 Å². The SMILES string of the molecule is CCCCCCC1CC(=O)NCC(=O)N[C@@H](C(C)C)C(=O)N[C@H](CC(C)C)C(=O)N[C@@H](C)C(=O)N[C@@H](CC)C(=O)O1. The van der Waals surface area contributed by atoms with E-state index in [1.165, 1.54) is 6.92 Å². The van der Waals surface area contributed by atoms with E-state index in [2.05, 4.69) is 33.5 Å². The molecule has 1 aliphatic rings. The molecule has 41 heavy (non-hydrogen) atoms. The summed E-state index contributed by atoms with van der Waals surface area (Å²) in [5.74, 6) is -3.69. The lowest BCUT2D eigenvalue weighted by Crippen LogP contribution is -2.58. The van der Waals surface area contributed by atoms with Crippen LogP contribution in [0.25, 0.3) is 0 Å². The Balaban J connectivity index is 3.27. The van der Waals surface area contributed by atoms with Gasteiger partial charge in [0.1, 0.15) is 30.3 Å². The lowest BCUT2D eigenvalue weighted by atomic mass is 9.99. The molecular formula is C29H51N5O7. The van der Waals surface area contributed by atoms with E-state index in [4.69, 9.17) is 4.74 Å². The molecule has 1 unspecified atom stereocenters. The average molecular weight is 582 g/mol. The summed E-state index contributed by atoms with van der Waals surface area (Å²) < 4.78 is 5.67. The van der Waals surface area contributed by atoms with E-state index in [1.54, 1.807) is 20.8 Å². The van der Waals surface area contributed by atoms with Crippen LogP contribution in [0.1, 0.15) is 99.8 Å². The molecule has 0 saturated carbocycles. The number of carbonyl (C=O) groups is 6. The molecule has 0 aromatic rings. The summed E-state index contributed by atoms with van der Waals surface area (Å²) in [5.41, 5.74) is 0. The van der Waals surface area contributed by atoms with Gasteiger partial charge < -0.3 is 31.3 Å². The molecule has 0 spiro atoms. The summed E-state index contributed by atoms with van der Waals surface area (Å²) in [6.45, 7) is 12.2. The molecule has 12 heteroatoms. The van der Waals surface area contributed by atoms with Gasteiger partial charge in [0, 0.05) is 0 Å². The third kappa shape index (κ3) is 13.4. The van der Waals surface area contributed by atoms with Gasteiger partial charge in [-0.2, -0.15) is 0 Å². The lowest BCUT2D eigenvalue weighted by Gasteiger charge is -2.27. The first-order valence-corrected chi connectivity index (χ1v) is 15.0. The summed E-state index contributed by atoms with van der Waals surface area (Å²) in [6.07, 6.45) is 3.79. The quantitative estimate of drug-likeness (QED) is 0.203. The predicted octanol–water partition coefficient (Wildman–Crippen LogP) is 1.46. The van der Waals surface area contributed by atoms with Crippen molar-refractivity contribution in [2.75, 3.05) is 6.54 Å². The number of amides is 5. The number of esters is 1. The van der Waals surface area contributed by atoms with Crippen LogP contribution in [-0.2, 0) is 33.5 Å². The average Bonchev–Trinajstić information content (AvgIpc) is 2.89. The van der Waals surface area contributed by atoms with E-state index in [9.17, 15) is 28.8 Å². The molecule has 1 saturated heterocycles. The fourth-order valence-corrected chi connectivity index (χ4v) is 4.43. The molecule has 1 heterocycles. The Morgan fingerprint density at radius 1 is 0.780 bits per heavy atom. The molecule has 1 aliphatic heterocycles. The number of carbonyl (C=O) groups excluding carboxylic acids is 6. The molecule has 1 fully saturated rings. The van der Waals surface area contributed by atoms with Crippen molar-refractivity contribution in [3.05, 3.63) is 0 Å². The molecule has 0 radical (unpaired) electrons. The minimum Gasteiger partial charge on any atom is -0.460 e. The van der Waals surface area contributed by atoms with Crippen LogP contribution in [0.3, 0.4) is 0 Å². The Morgan fingerprint density at radius 3 is 2.02 bits per heavy atom. The third-order valence-electron chi connectivity index (χ3n) is 6.89. The topological polar surface area (TPSA) is 172 Å². The fourth-order valence-electron chi connectivity index (χ4n) is 4.43. The number of hydrogen-bond acceptors (Lipinski definition) is 7. The second-order valence-corrected chi connectivity index (χ2v) is 11.6. The fraction of sp³-hybridized carbons (Fsp3) is 0.793. The number of ether oxygens (including phenoxy) is 1. The van der Waals surface area contributed by atoms with Gasteiger partial charge >= 0.3 is 5.97 Å². The van der Waals surface area contributed by atoms with Gasteiger partial charge in [-0.05, 0) is 44.4 Å². The molecule has 12 nitrogen and oxygen atoms in total. The molecule has 0 aromatic carbocycles. The van der Waals surface area contributed by atoms with Gasteiger partial charge in [-0.15, -0.1) is 0 Å². The van der Waals surface area contributed by atoms with Crippen LogP contribution in [0.4, 0.5) is 0 Å². The zero-order valence-corrected chi connectivity index (χ0v) is 25.8. The van der Waals surface area contributed by atoms with Crippen molar-refractivity contribution in [3.63, 3.8) is 0 Å². The summed E-state index contributed by atoms with van der Waals surface area (Å²) in [5, 5.41) is 13.1. The number of cyclic esters (lactones) is 1. The Kier molecular flexibility index (Phi) is 16.0. The minimum atomic E-state index is -1.01. The highest BCUT2D eigenvalue weighted by Crippen LogP contribution is 2.14. The van der Waals surface area contributed by atoms with Crippen molar-refractivity contribution >= 4 is 35.5 Å². The normalized spacial score (nSPS) is 26.1. The van der Waals surface area contributed by atoms with Crippen LogP contribution >= 0.6 is 0 Å². The molecule has 234 valence electrons. The highest BCUT2D eigenvalue weighted by molar-refractivity contribution is 5.95. The van der Waals surface area contributed by atoms with Crippen molar-refractivity contribution in [2.45, 2.75) is 130 Å². The van der Waals surface area contributed by atoms with E-state index in [0.29, 0.717) is 12.8 Å². The predicted molar refractivity (Wildman–Crippen MR) is 154 cm³/mol. The highest BCUT2D eigenvalue weighted by Gasteiger charge is 2.32. The minimum absolute atomic E-state index is 0.0354. The number of rotatable bonds is 9. The van der Waals surface area contributed by atoms with Gasteiger partial charge in [0.05, 0.1) is 13.0 Å². The summed E-state index contributed by atoms with van der Waals surface area (Å²) in [6, 6.07) is -3.90. The Morgan fingerprint density at radius 2 is 1.44 bits per heavy atom. The first kappa shape index (κ1) is 35.8. The monoisotopic (exact) mass is 581 g/mol. The first-order chi connectivity index (χ1) is 19.3. The van der Waals surface area contributed by atoms with E-state index < -0.39 is 65.8 Å². The van der Waals surface area contributed by atoms with Crippen LogP contribution in [0.5, 0.6) is 0 Å². The zero-order valence-electron chi connectivity index (χ0n) is 25.8. The van der Waals surface area contributed by atoms with Crippen LogP contribution < -0.4 is 26.6 Å². The molecule has 5 N–H and O–H groups in total. The third-order valence-corrected chi connectivity index (χ3v) is 6.89. The summed E-state index contributed by atoms with van der Waals surface area (Å²) in [7, 11) is 0. The van der Waals surface area contributed by atoms with Crippen molar-refractivity contribution in [1.82, 2.24) is 26.6 Å². The van der Waals surface area contributed by atoms with Crippen molar-refractivity contribution in [3.8, 4) is 0 Å². The second kappa shape index (κ2) is 18.3. The van der Waals surface area contributed by atoms with Gasteiger partial charge in [0.15, 0.2) is 0 Å². The molecule has 0 aliphatic carbocycles. The zero-order chi connectivity index (χ0) is 31.1. The maximum atomic E-state index is 13.2. The maximum Gasteiger partial charge on any atom is 0.328 e. The molecule has 5 atom stereocenters. The van der Waals surface area contributed by atoms with E-state index >= 15 is 0 Å². The van der Waals surface area contributed by atoms with Crippen LogP contribution in [0, 0.1) is 11.8 Å². The van der Waals surface area contributed by atoms with E-state index in [0.717, 1.165) is 25.7 Å². The second-order valence-electron chi connectivity index (χ2n) is 11.6. The van der Waals surface area contributed by atoms with Gasteiger partial charge in [-0.3, -0.25) is 24.0 Å². The molecular weight excluding hydrogens is 530 g/mol. The van der Waals surface area contributed by atoms with Crippen LogP contribution in [0.2, 0.25) is 0 Å². The molecule has 1 rings (SSSR count). The van der Waals surface area contributed by atoms with Gasteiger partial charge in [0.2, 0.25) is 29.5 Å². The molecule has 0 aromatic heterocycles. The highest BCUT2D eigenvalue weighted by atomic mass is 16.5. The Hall–Kier alpha value is -3.18. The van der Waals surface area contributed by atoms with Crippen molar-refractivity contribution < 1.29 is 33.5 Å². The largest absolute Gasteiger partial charge is 0.460 e. The van der Waals surface area contributed by atoms with Gasteiger partial charge in [-0.25, -0.2) is 4.79 Å². The molecule has 5 amide bonds. The van der Waals surface area contributed by atoms with E-state index in [-0.39, 0.29) is 31.2 Å². The maximum absolute atomic E-state index is 13.2. The van der Waals surface area contributed by atoms with Crippen molar-refractivity contribution in [2.24, 2.45) is 11.8 Å². The van der Waals surface area contributed by atoms with Gasteiger partial charge in [-0.1, -0.05) is 60.8 Å². The van der Waals surface area contributed by atoms with E-state index in [1.807, 2.05) is 13.8 Å². The summed E-state index contributed by atoms with van der Waals surface area (Å²) >= 11 is 0. The number of hydrogen-bond donors (Lipinski definition) is 5. The smallest absolute Gasteiger partial charge is 0.328 e. The first-order valence-electron chi connectivity index (χ1n) is 15.0. The van der Waals surface area contributed by atoms with Crippen molar-refractivity contribution in [1.29, 1.82) is 0 Å². The summed E-state index contributed by atoms with van der Waals surface area (Å²) in [4.78, 5) is 77.6. The standard InChI is InChI=1S/C29H51N5O7/c1-8-10-11-12-13-20-15-23(35)30-16-24(36)34-25(18(5)6)28(39)33-22(14-17(3)4)27(38)31-19(7)26(37)32-21(9-2)29(40)41-20/h17-22,25H,8-16H2,1-7H3,(H,30,35)(H,31,38)(H,32,37)(H,33,39)(H,34,36)/t19-,20?,21-,22+,25-/m0/s1. The Labute approximate surface area is 244 Å². The van der Waals surface area contributed by atoms with Crippen LogP contribution in [0.15, 0.2) is 0 Å². The number of nitrogens with one attached hydrogen (secondary N) is 5. The Bertz CT molecular complexity index is 908.